The second-order valence-corrected chi connectivity index (χ2v) is 5.10. The van der Waals surface area contributed by atoms with Crippen LogP contribution in [0.4, 0.5) is 0 Å². The monoisotopic (exact) mass is 182 g/mol. The summed E-state index contributed by atoms with van der Waals surface area (Å²) in [6.07, 6.45) is 2.13. The third-order valence-electron chi connectivity index (χ3n) is 3.13. The Hall–Kier alpha value is -0.530. The molecule has 0 aromatic carbocycles. The summed E-state index contributed by atoms with van der Waals surface area (Å²) in [7, 11) is 0. The lowest BCUT2D eigenvalue weighted by Crippen LogP contribution is -2.30. The van der Waals surface area contributed by atoms with Crippen molar-refractivity contribution in [1.29, 1.82) is 5.41 Å². The van der Waals surface area contributed by atoms with Gasteiger partial charge in [0.15, 0.2) is 0 Å². The van der Waals surface area contributed by atoms with E-state index in [1.165, 1.54) is 6.42 Å². The summed E-state index contributed by atoms with van der Waals surface area (Å²) in [6, 6.07) is 0. The molecule has 0 aromatic heterocycles. The maximum atomic E-state index is 7.76. The van der Waals surface area contributed by atoms with Gasteiger partial charge in [0.1, 0.15) is 0 Å². The molecule has 2 nitrogen and oxygen atoms in total. The Kier molecular flexibility index (Phi) is 2.99. The fourth-order valence-corrected chi connectivity index (χ4v) is 1.94. The van der Waals surface area contributed by atoms with Gasteiger partial charge in [-0.15, -0.1) is 0 Å². The van der Waals surface area contributed by atoms with Crippen LogP contribution in [0.25, 0.3) is 0 Å². The lowest BCUT2D eigenvalue weighted by molar-refractivity contribution is 0.250. The zero-order valence-electron chi connectivity index (χ0n) is 9.35. The summed E-state index contributed by atoms with van der Waals surface area (Å²) in [4.78, 5) is 2.23. The Morgan fingerprint density at radius 2 is 2.08 bits per heavy atom. The van der Waals surface area contributed by atoms with Crippen molar-refractivity contribution in [3.63, 3.8) is 0 Å². The van der Waals surface area contributed by atoms with Crippen molar-refractivity contribution >= 4 is 5.84 Å². The highest BCUT2D eigenvalue weighted by molar-refractivity contribution is 5.79. The van der Waals surface area contributed by atoms with E-state index in [1.807, 2.05) is 0 Å². The fourth-order valence-electron chi connectivity index (χ4n) is 1.94. The molecule has 1 fully saturated rings. The van der Waals surface area contributed by atoms with Crippen molar-refractivity contribution < 1.29 is 0 Å². The standard InChI is InChI=1S/C11H22N2/c1-5-10(12)13-7-6-9(8-13)11(2,3)4/h9,12H,5-8H2,1-4H3. The van der Waals surface area contributed by atoms with Gasteiger partial charge in [0.2, 0.25) is 0 Å². The van der Waals surface area contributed by atoms with Gasteiger partial charge in [0.25, 0.3) is 0 Å². The van der Waals surface area contributed by atoms with E-state index in [2.05, 4.69) is 32.6 Å². The Morgan fingerprint density at radius 1 is 1.46 bits per heavy atom. The van der Waals surface area contributed by atoms with Gasteiger partial charge < -0.3 is 4.90 Å². The van der Waals surface area contributed by atoms with Gasteiger partial charge in [-0.05, 0) is 17.8 Å². The molecule has 1 unspecified atom stereocenters. The minimum atomic E-state index is 0.406. The van der Waals surface area contributed by atoms with E-state index < -0.39 is 0 Å². The summed E-state index contributed by atoms with van der Waals surface area (Å²) < 4.78 is 0. The molecule has 1 rings (SSSR count). The Morgan fingerprint density at radius 3 is 2.46 bits per heavy atom. The van der Waals surface area contributed by atoms with E-state index in [1.54, 1.807) is 0 Å². The van der Waals surface area contributed by atoms with E-state index in [-0.39, 0.29) is 0 Å². The molecule has 2 heteroatoms. The maximum Gasteiger partial charge on any atom is 0.0954 e. The third-order valence-corrected chi connectivity index (χ3v) is 3.13. The van der Waals surface area contributed by atoms with Crippen LogP contribution in [-0.4, -0.2) is 23.8 Å². The Labute approximate surface area is 81.8 Å². The lowest BCUT2D eigenvalue weighted by Gasteiger charge is -2.27. The molecular weight excluding hydrogens is 160 g/mol. The number of amidine groups is 1. The third kappa shape index (κ3) is 2.45. The second kappa shape index (κ2) is 3.69. The quantitative estimate of drug-likeness (QED) is 0.490. The first-order valence-electron chi connectivity index (χ1n) is 5.27. The normalized spacial score (nSPS) is 23.7. The minimum Gasteiger partial charge on any atom is -0.360 e. The molecule has 0 amide bonds. The van der Waals surface area contributed by atoms with Gasteiger partial charge >= 0.3 is 0 Å². The lowest BCUT2D eigenvalue weighted by atomic mass is 9.80. The fraction of sp³-hybridized carbons (Fsp3) is 0.909. The molecule has 0 spiro atoms. The van der Waals surface area contributed by atoms with E-state index in [4.69, 9.17) is 5.41 Å². The molecule has 13 heavy (non-hydrogen) atoms. The molecule has 0 radical (unpaired) electrons. The number of rotatable bonds is 1. The molecule has 1 atom stereocenters. The molecule has 0 bridgehead atoms. The van der Waals surface area contributed by atoms with Crippen molar-refractivity contribution in [2.24, 2.45) is 11.3 Å². The van der Waals surface area contributed by atoms with Crippen molar-refractivity contribution in [3.05, 3.63) is 0 Å². The van der Waals surface area contributed by atoms with Crippen molar-refractivity contribution in [2.75, 3.05) is 13.1 Å². The molecule has 1 aliphatic heterocycles. The van der Waals surface area contributed by atoms with Crippen molar-refractivity contribution in [2.45, 2.75) is 40.5 Å². The first-order chi connectivity index (χ1) is 5.95. The first-order valence-corrected chi connectivity index (χ1v) is 5.27. The topological polar surface area (TPSA) is 27.1 Å². The van der Waals surface area contributed by atoms with Gasteiger partial charge in [0, 0.05) is 19.5 Å². The van der Waals surface area contributed by atoms with Gasteiger partial charge in [-0.25, -0.2) is 0 Å². The molecule has 1 heterocycles. The maximum absolute atomic E-state index is 7.76. The molecule has 0 aliphatic carbocycles. The predicted molar refractivity (Wildman–Crippen MR) is 57.2 cm³/mol. The van der Waals surface area contributed by atoms with Crippen molar-refractivity contribution in [3.8, 4) is 0 Å². The van der Waals surface area contributed by atoms with E-state index >= 15 is 0 Å². The molecule has 0 aromatic rings. The van der Waals surface area contributed by atoms with E-state index in [0.29, 0.717) is 5.41 Å². The largest absolute Gasteiger partial charge is 0.360 e. The van der Waals surface area contributed by atoms with Crippen LogP contribution in [0.1, 0.15) is 40.5 Å². The number of nitrogens with one attached hydrogen (secondary N) is 1. The smallest absolute Gasteiger partial charge is 0.0954 e. The number of nitrogens with zero attached hydrogens (tertiary/aromatic N) is 1. The zero-order valence-corrected chi connectivity index (χ0v) is 9.35. The molecule has 1 saturated heterocycles. The van der Waals surface area contributed by atoms with Crippen LogP contribution in [0, 0.1) is 16.7 Å². The summed E-state index contributed by atoms with van der Waals surface area (Å²) in [5.41, 5.74) is 0.406. The zero-order chi connectivity index (χ0) is 10.1. The van der Waals surface area contributed by atoms with Crippen LogP contribution in [0.3, 0.4) is 0 Å². The molecule has 1 N–H and O–H groups in total. The summed E-state index contributed by atoms with van der Waals surface area (Å²) in [5.74, 6) is 1.58. The van der Waals surface area contributed by atoms with Crippen LogP contribution in [0.5, 0.6) is 0 Å². The highest BCUT2D eigenvalue weighted by atomic mass is 15.2. The molecular formula is C11H22N2. The number of hydrogen-bond acceptors (Lipinski definition) is 1. The highest BCUT2D eigenvalue weighted by Crippen LogP contribution is 2.33. The SMILES string of the molecule is CCC(=N)N1CCC(C(C)(C)C)C1. The second-order valence-electron chi connectivity index (χ2n) is 5.10. The summed E-state index contributed by atoms with van der Waals surface area (Å²) in [5, 5.41) is 7.76. The van der Waals surface area contributed by atoms with Crippen molar-refractivity contribution in [1.82, 2.24) is 4.90 Å². The van der Waals surface area contributed by atoms with E-state index in [0.717, 1.165) is 31.3 Å². The summed E-state index contributed by atoms with van der Waals surface area (Å²) >= 11 is 0. The van der Waals surface area contributed by atoms with Gasteiger partial charge in [-0.1, -0.05) is 27.7 Å². The molecule has 0 saturated carbocycles. The first kappa shape index (κ1) is 10.6. The highest BCUT2D eigenvalue weighted by Gasteiger charge is 2.32. The predicted octanol–water partition coefficient (Wildman–Crippen LogP) is 2.74. The van der Waals surface area contributed by atoms with Gasteiger partial charge in [-0.2, -0.15) is 0 Å². The molecule has 1 aliphatic rings. The average Bonchev–Trinajstić information content (AvgIpc) is 2.50. The van der Waals surface area contributed by atoms with Crippen LogP contribution in [0.2, 0.25) is 0 Å². The Balaban J connectivity index is 2.50. The summed E-state index contributed by atoms with van der Waals surface area (Å²) in [6.45, 7) is 11.2. The van der Waals surface area contributed by atoms with Crippen LogP contribution in [-0.2, 0) is 0 Å². The van der Waals surface area contributed by atoms with E-state index in [9.17, 15) is 0 Å². The van der Waals surface area contributed by atoms with Gasteiger partial charge in [0.05, 0.1) is 5.84 Å². The Bertz CT molecular complexity index is 191. The van der Waals surface area contributed by atoms with Gasteiger partial charge in [-0.3, -0.25) is 5.41 Å². The number of hydrogen-bond donors (Lipinski definition) is 1. The van der Waals surface area contributed by atoms with Crippen LogP contribution < -0.4 is 0 Å². The average molecular weight is 182 g/mol. The van der Waals surface area contributed by atoms with Crippen LogP contribution >= 0.6 is 0 Å². The van der Waals surface area contributed by atoms with Crippen LogP contribution in [0.15, 0.2) is 0 Å². The molecule has 76 valence electrons. The minimum absolute atomic E-state index is 0.406. The number of likely N-dealkylation sites (tertiary alicyclic amines) is 1.